The molecule has 1 aliphatic rings. The topological polar surface area (TPSA) is 9.23 Å². The minimum absolute atomic E-state index is 0.978. The lowest BCUT2D eigenvalue weighted by atomic mass is 10.3. The molecule has 0 saturated carbocycles. The second-order valence-corrected chi connectivity index (χ2v) is 1.32. The largest absolute Gasteiger partial charge is 0.473 e. The molecule has 0 saturated heterocycles. The Bertz CT molecular complexity index is 117. The summed E-state index contributed by atoms with van der Waals surface area (Å²) in [4.78, 5) is 0. The summed E-state index contributed by atoms with van der Waals surface area (Å²) >= 11 is 0. The highest BCUT2D eigenvalue weighted by Gasteiger charge is 1.83. The lowest BCUT2D eigenvalue weighted by Gasteiger charge is -1.95. The van der Waals surface area contributed by atoms with Gasteiger partial charge >= 0.3 is 0 Å². The number of allylic oxidation sites excluding steroid dienone is 3. The van der Waals surface area contributed by atoms with Crippen molar-refractivity contribution in [2.24, 2.45) is 0 Å². The molecule has 0 atom stereocenters. The van der Waals surface area contributed by atoms with E-state index < -0.39 is 0 Å². The van der Waals surface area contributed by atoms with Crippen LogP contribution in [0.3, 0.4) is 0 Å². The third kappa shape index (κ3) is 0.929. The second-order valence-electron chi connectivity index (χ2n) is 1.32. The zero-order chi connectivity index (χ0) is 5.11. The Hall–Kier alpha value is -0.980. The summed E-state index contributed by atoms with van der Waals surface area (Å²) < 4.78 is 4.72. The maximum absolute atomic E-state index is 4.72. The maximum Gasteiger partial charge on any atom is 0.0907 e. The first kappa shape index (κ1) is 4.19. The average Bonchev–Trinajstić information content (AvgIpc) is 1.69. The zero-order valence-electron chi connectivity index (χ0n) is 3.92. The van der Waals surface area contributed by atoms with Gasteiger partial charge in [0, 0.05) is 0 Å². The van der Waals surface area contributed by atoms with Gasteiger partial charge in [0.25, 0.3) is 0 Å². The average molecular weight is 94.1 g/mol. The Labute approximate surface area is 42.6 Å². The minimum Gasteiger partial charge on any atom is -0.473 e. The molecule has 0 N–H and O–H groups in total. The molecular weight excluding hydrogens is 88.1 g/mol. The van der Waals surface area contributed by atoms with E-state index in [1.54, 1.807) is 24.7 Å². The standard InChI is InChI=1S/C6H6O/c1-6-2-4-7-5-3-6/h2-5H,1H2. The van der Waals surface area contributed by atoms with Crippen LogP contribution in [0.2, 0.25) is 0 Å². The van der Waals surface area contributed by atoms with Crippen molar-refractivity contribution in [2.45, 2.75) is 0 Å². The van der Waals surface area contributed by atoms with Crippen LogP contribution in [0.5, 0.6) is 0 Å². The van der Waals surface area contributed by atoms with E-state index in [1.165, 1.54) is 0 Å². The van der Waals surface area contributed by atoms with Crippen LogP contribution in [0.15, 0.2) is 36.8 Å². The van der Waals surface area contributed by atoms with Gasteiger partial charge in [0.1, 0.15) is 0 Å². The van der Waals surface area contributed by atoms with E-state index in [-0.39, 0.29) is 0 Å². The Balaban J connectivity index is 2.66. The van der Waals surface area contributed by atoms with Gasteiger partial charge in [0.05, 0.1) is 12.5 Å². The maximum atomic E-state index is 4.72. The summed E-state index contributed by atoms with van der Waals surface area (Å²) in [5.41, 5.74) is 0.978. The fourth-order valence-electron chi connectivity index (χ4n) is 0.354. The lowest BCUT2D eigenvalue weighted by Crippen LogP contribution is -1.75. The number of ether oxygens (including phenoxy) is 1. The predicted octanol–water partition coefficient (Wildman–Crippen LogP) is 1.60. The molecule has 0 amide bonds. The molecule has 0 bridgehead atoms. The van der Waals surface area contributed by atoms with Crippen molar-refractivity contribution in [2.75, 3.05) is 0 Å². The van der Waals surface area contributed by atoms with Gasteiger partial charge in [-0.05, 0) is 17.7 Å². The van der Waals surface area contributed by atoms with Crippen LogP contribution in [0.4, 0.5) is 0 Å². The summed E-state index contributed by atoms with van der Waals surface area (Å²) in [7, 11) is 0. The van der Waals surface area contributed by atoms with Crippen molar-refractivity contribution in [1.82, 2.24) is 0 Å². The van der Waals surface area contributed by atoms with Crippen molar-refractivity contribution in [1.29, 1.82) is 0 Å². The van der Waals surface area contributed by atoms with Gasteiger partial charge in [0.2, 0.25) is 0 Å². The first-order valence-corrected chi connectivity index (χ1v) is 2.07. The van der Waals surface area contributed by atoms with Gasteiger partial charge in [-0.3, -0.25) is 0 Å². The van der Waals surface area contributed by atoms with Gasteiger partial charge in [0.15, 0.2) is 0 Å². The van der Waals surface area contributed by atoms with Crippen LogP contribution in [-0.2, 0) is 4.74 Å². The monoisotopic (exact) mass is 94.0 g/mol. The third-order valence-corrected chi connectivity index (χ3v) is 0.721. The molecule has 7 heavy (non-hydrogen) atoms. The van der Waals surface area contributed by atoms with E-state index in [9.17, 15) is 0 Å². The molecule has 1 nitrogen and oxygen atoms in total. The second kappa shape index (κ2) is 1.65. The molecule has 1 heteroatoms. The quantitative estimate of drug-likeness (QED) is 0.443. The fourth-order valence-corrected chi connectivity index (χ4v) is 0.354. The van der Waals surface area contributed by atoms with Gasteiger partial charge in [-0.2, -0.15) is 0 Å². The summed E-state index contributed by atoms with van der Waals surface area (Å²) in [5.74, 6) is 0. The van der Waals surface area contributed by atoms with Crippen LogP contribution >= 0.6 is 0 Å². The highest BCUT2D eigenvalue weighted by Crippen LogP contribution is 2.00. The molecule has 0 spiro atoms. The molecular formula is C6H6O. The van der Waals surface area contributed by atoms with Gasteiger partial charge < -0.3 is 4.74 Å². The van der Waals surface area contributed by atoms with Crippen LogP contribution in [0.1, 0.15) is 0 Å². The minimum atomic E-state index is 0.978. The van der Waals surface area contributed by atoms with Gasteiger partial charge in [-0.25, -0.2) is 0 Å². The van der Waals surface area contributed by atoms with Gasteiger partial charge in [-0.15, -0.1) is 0 Å². The fraction of sp³-hybridized carbons (Fsp3) is 0. The normalized spacial score (nSPS) is 16.9. The van der Waals surface area contributed by atoms with Crippen LogP contribution in [0.25, 0.3) is 0 Å². The zero-order valence-corrected chi connectivity index (χ0v) is 3.92. The van der Waals surface area contributed by atoms with E-state index in [0.29, 0.717) is 0 Å². The molecule has 1 rings (SSSR count). The molecule has 0 aromatic rings. The van der Waals surface area contributed by atoms with Crippen molar-refractivity contribution in [3.8, 4) is 0 Å². The van der Waals surface area contributed by atoms with E-state index >= 15 is 0 Å². The number of hydrogen-bond donors (Lipinski definition) is 0. The van der Waals surface area contributed by atoms with Crippen LogP contribution < -0.4 is 0 Å². The summed E-state index contributed by atoms with van der Waals surface area (Å²) in [5, 5.41) is 0. The third-order valence-electron chi connectivity index (χ3n) is 0.721. The highest BCUT2D eigenvalue weighted by atomic mass is 16.5. The van der Waals surface area contributed by atoms with E-state index in [2.05, 4.69) is 6.58 Å². The summed E-state index contributed by atoms with van der Waals surface area (Å²) in [6, 6.07) is 0. The van der Waals surface area contributed by atoms with Crippen LogP contribution in [0, 0.1) is 0 Å². The van der Waals surface area contributed by atoms with Crippen molar-refractivity contribution >= 4 is 0 Å². The molecule has 1 heterocycles. The molecule has 36 valence electrons. The van der Waals surface area contributed by atoms with Gasteiger partial charge in [-0.1, -0.05) is 6.58 Å². The Morgan fingerprint density at radius 2 is 1.86 bits per heavy atom. The highest BCUT2D eigenvalue weighted by molar-refractivity contribution is 5.27. The molecule has 0 radical (unpaired) electrons. The van der Waals surface area contributed by atoms with E-state index in [4.69, 9.17) is 4.74 Å². The molecule has 0 aromatic heterocycles. The first-order valence-electron chi connectivity index (χ1n) is 2.07. The van der Waals surface area contributed by atoms with Crippen LogP contribution in [-0.4, -0.2) is 0 Å². The number of rotatable bonds is 0. The molecule has 0 aliphatic carbocycles. The summed E-state index contributed by atoms with van der Waals surface area (Å²) in [6.45, 7) is 3.66. The first-order chi connectivity index (χ1) is 3.39. The Morgan fingerprint density at radius 1 is 1.29 bits per heavy atom. The number of hydrogen-bond acceptors (Lipinski definition) is 1. The smallest absolute Gasteiger partial charge is 0.0907 e. The van der Waals surface area contributed by atoms with Crippen molar-refractivity contribution in [3.05, 3.63) is 36.8 Å². The SMILES string of the molecule is C=C1C=COC=C1. The summed E-state index contributed by atoms with van der Waals surface area (Å²) in [6.07, 6.45) is 6.81. The van der Waals surface area contributed by atoms with E-state index in [0.717, 1.165) is 5.57 Å². The predicted molar refractivity (Wildman–Crippen MR) is 28.5 cm³/mol. The van der Waals surface area contributed by atoms with Crippen molar-refractivity contribution in [3.63, 3.8) is 0 Å². The van der Waals surface area contributed by atoms with E-state index in [1.807, 2.05) is 0 Å². The Morgan fingerprint density at radius 3 is 2.14 bits per heavy atom. The van der Waals surface area contributed by atoms with Crippen molar-refractivity contribution < 1.29 is 4.74 Å². The lowest BCUT2D eigenvalue weighted by molar-refractivity contribution is 0.398. The Kier molecular flexibility index (Phi) is 0.984. The molecule has 0 fully saturated rings. The molecule has 1 aliphatic heterocycles. The molecule has 0 unspecified atom stereocenters. The molecule has 0 aromatic carbocycles.